The Morgan fingerprint density at radius 2 is 1.94 bits per heavy atom. The molecule has 3 aromatic rings. The van der Waals surface area contributed by atoms with E-state index in [4.69, 9.17) is 19.9 Å². The van der Waals surface area contributed by atoms with Crippen molar-refractivity contribution < 1.29 is 19.0 Å². The van der Waals surface area contributed by atoms with Gasteiger partial charge in [0.15, 0.2) is 0 Å². The minimum Gasteiger partial charge on any atom is -0.494 e. The van der Waals surface area contributed by atoms with E-state index in [1.54, 1.807) is 36.4 Å². The lowest BCUT2D eigenvalue weighted by Crippen LogP contribution is -2.21. The molecule has 7 heteroatoms. The summed E-state index contributed by atoms with van der Waals surface area (Å²) in [5.41, 5.74) is 8.45. The molecule has 1 atom stereocenters. The van der Waals surface area contributed by atoms with E-state index in [-0.39, 0.29) is 5.88 Å². The van der Waals surface area contributed by atoms with Crippen LogP contribution in [0.5, 0.6) is 17.2 Å². The highest BCUT2D eigenvalue weighted by molar-refractivity contribution is 9.10. The zero-order valence-corrected chi connectivity index (χ0v) is 20.2. The zero-order valence-electron chi connectivity index (χ0n) is 18.6. The number of esters is 1. The molecule has 4 rings (SSSR count). The summed E-state index contributed by atoms with van der Waals surface area (Å²) in [6.45, 7) is 2.73. The van der Waals surface area contributed by atoms with Gasteiger partial charge in [0, 0.05) is 16.1 Å². The quantitative estimate of drug-likeness (QED) is 0.232. The number of nitrogens with two attached hydrogens (primary N) is 1. The number of ether oxygens (including phenoxy) is 3. The van der Waals surface area contributed by atoms with E-state index in [9.17, 15) is 10.1 Å². The van der Waals surface area contributed by atoms with Crippen LogP contribution in [0.15, 0.2) is 82.7 Å². The zero-order chi connectivity index (χ0) is 24.1. The summed E-state index contributed by atoms with van der Waals surface area (Å²) < 4.78 is 17.8. The monoisotopic (exact) mass is 518 g/mol. The average Bonchev–Trinajstić information content (AvgIpc) is 2.83. The molecule has 0 saturated heterocycles. The highest BCUT2D eigenvalue weighted by atomic mass is 79.9. The molecule has 6 nitrogen and oxygen atoms in total. The first-order valence-corrected chi connectivity index (χ1v) is 11.7. The second-order valence-corrected chi connectivity index (χ2v) is 8.62. The second-order valence-electron chi connectivity index (χ2n) is 7.77. The number of hydrogen-bond acceptors (Lipinski definition) is 6. The molecule has 0 saturated carbocycles. The molecule has 172 valence electrons. The average molecular weight is 519 g/mol. The predicted octanol–water partition coefficient (Wildman–Crippen LogP) is 6.07. The lowest BCUT2D eigenvalue weighted by molar-refractivity contribution is 0.0733. The van der Waals surface area contributed by atoms with E-state index < -0.39 is 11.9 Å². The third-order valence-electron chi connectivity index (χ3n) is 5.45. The fraction of sp³-hybridized carbons (Fsp3) is 0.185. The van der Waals surface area contributed by atoms with Crippen LogP contribution in [0.3, 0.4) is 0 Å². The van der Waals surface area contributed by atoms with E-state index in [0.717, 1.165) is 29.7 Å². The molecule has 1 aliphatic rings. The molecule has 0 bridgehead atoms. The fourth-order valence-corrected chi connectivity index (χ4v) is 4.20. The van der Waals surface area contributed by atoms with Crippen LogP contribution in [-0.2, 0) is 0 Å². The Morgan fingerprint density at radius 3 is 2.71 bits per heavy atom. The first-order valence-electron chi connectivity index (χ1n) is 10.9. The SMILES string of the molecule is CCCCOc1cccc(C2C(C#N)=C(N)Oc3cc(OC(=O)c4ccccc4Br)ccc32)c1. The number of unbranched alkanes of at least 4 members (excludes halogenated alkanes) is 1. The summed E-state index contributed by atoms with van der Waals surface area (Å²) in [5, 5.41) is 9.81. The van der Waals surface area contributed by atoms with Crippen molar-refractivity contribution in [2.24, 2.45) is 5.73 Å². The number of nitriles is 1. The van der Waals surface area contributed by atoms with Gasteiger partial charge in [-0.2, -0.15) is 5.26 Å². The molecule has 3 aromatic carbocycles. The van der Waals surface area contributed by atoms with Gasteiger partial charge in [0.25, 0.3) is 0 Å². The van der Waals surface area contributed by atoms with E-state index in [1.807, 2.05) is 30.3 Å². The van der Waals surface area contributed by atoms with E-state index in [0.29, 0.717) is 33.7 Å². The predicted molar refractivity (Wildman–Crippen MR) is 132 cm³/mol. The number of hydrogen-bond donors (Lipinski definition) is 1. The molecule has 0 fully saturated rings. The lowest BCUT2D eigenvalue weighted by atomic mass is 9.83. The molecule has 1 aliphatic heterocycles. The van der Waals surface area contributed by atoms with Gasteiger partial charge >= 0.3 is 5.97 Å². The van der Waals surface area contributed by atoms with Crippen molar-refractivity contribution in [1.82, 2.24) is 0 Å². The number of carbonyl (C=O) groups is 1. The number of nitrogens with zero attached hydrogens (tertiary/aromatic N) is 1. The van der Waals surface area contributed by atoms with Gasteiger partial charge in [-0.05, 0) is 58.2 Å². The summed E-state index contributed by atoms with van der Waals surface area (Å²) in [4.78, 5) is 12.6. The van der Waals surface area contributed by atoms with E-state index in [2.05, 4.69) is 28.9 Å². The van der Waals surface area contributed by atoms with Gasteiger partial charge in [0.05, 0.1) is 18.1 Å². The molecular formula is C27H23BrN2O4. The Kier molecular flexibility index (Phi) is 7.19. The number of rotatable bonds is 7. The first kappa shape index (κ1) is 23.4. The molecule has 0 aliphatic carbocycles. The van der Waals surface area contributed by atoms with Crippen LogP contribution < -0.4 is 19.9 Å². The van der Waals surface area contributed by atoms with Crippen LogP contribution in [0.4, 0.5) is 0 Å². The molecule has 0 radical (unpaired) electrons. The van der Waals surface area contributed by atoms with Gasteiger partial charge in [-0.1, -0.05) is 43.7 Å². The van der Waals surface area contributed by atoms with Crippen LogP contribution in [-0.4, -0.2) is 12.6 Å². The van der Waals surface area contributed by atoms with Crippen molar-refractivity contribution in [3.63, 3.8) is 0 Å². The van der Waals surface area contributed by atoms with Crippen molar-refractivity contribution in [2.45, 2.75) is 25.7 Å². The third-order valence-corrected chi connectivity index (χ3v) is 6.14. The Bertz CT molecular complexity index is 1300. The molecule has 0 amide bonds. The van der Waals surface area contributed by atoms with E-state index in [1.165, 1.54) is 0 Å². The van der Waals surface area contributed by atoms with Crippen molar-refractivity contribution >= 4 is 21.9 Å². The Labute approximate surface area is 206 Å². The standard InChI is InChI=1S/C27H23BrN2O4/c1-2-3-13-32-18-8-6-7-17(14-18)25-21-12-11-19(15-24(21)34-26(30)22(25)16-29)33-27(31)20-9-4-5-10-23(20)28/h4-12,14-15,25H,2-3,13,30H2,1H3. The number of carbonyl (C=O) groups excluding carboxylic acids is 1. The first-order chi connectivity index (χ1) is 16.5. The molecule has 0 aromatic heterocycles. The third kappa shape index (κ3) is 4.92. The smallest absolute Gasteiger partial charge is 0.344 e. The second kappa shape index (κ2) is 10.4. The van der Waals surface area contributed by atoms with Crippen LogP contribution in [0.1, 0.15) is 47.2 Å². The summed E-state index contributed by atoms with van der Waals surface area (Å²) in [6.07, 6.45) is 2.00. The maximum Gasteiger partial charge on any atom is 0.344 e. The van der Waals surface area contributed by atoms with Crippen molar-refractivity contribution in [2.75, 3.05) is 6.61 Å². The van der Waals surface area contributed by atoms with Gasteiger partial charge in [0.2, 0.25) is 5.88 Å². The van der Waals surface area contributed by atoms with Gasteiger partial charge in [0.1, 0.15) is 28.9 Å². The minimum atomic E-state index is -0.502. The maximum absolute atomic E-state index is 12.6. The number of fused-ring (bicyclic) bond motifs is 1. The van der Waals surface area contributed by atoms with E-state index >= 15 is 0 Å². The van der Waals surface area contributed by atoms with Gasteiger partial charge < -0.3 is 19.9 Å². The number of halogens is 1. The topological polar surface area (TPSA) is 94.6 Å². The van der Waals surface area contributed by atoms with Gasteiger partial charge in [-0.25, -0.2) is 4.79 Å². The fourth-order valence-electron chi connectivity index (χ4n) is 3.75. The van der Waals surface area contributed by atoms with Crippen molar-refractivity contribution in [3.05, 3.63) is 99.3 Å². The van der Waals surface area contributed by atoms with Gasteiger partial charge in [-0.3, -0.25) is 0 Å². The Balaban J connectivity index is 1.66. The Morgan fingerprint density at radius 1 is 1.12 bits per heavy atom. The summed E-state index contributed by atoms with van der Waals surface area (Å²) in [5.74, 6) is 0.550. The van der Waals surface area contributed by atoms with Crippen LogP contribution in [0.2, 0.25) is 0 Å². The normalized spacial score (nSPS) is 14.6. The van der Waals surface area contributed by atoms with Gasteiger partial charge in [-0.15, -0.1) is 0 Å². The molecule has 0 spiro atoms. The molecule has 2 N–H and O–H groups in total. The van der Waals surface area contributed by atoms with Crippen molar-refractivity contribution in [3.8, 4) is 23.3 Å². The van der Waals surface area contributed by atoms with Crippen LogP contribution in [0.25, 0.3) is 0 Å². The lowest BCUT2D eigenvalue weighted by Gasteiger charge is -2.27. The summed E-state index contributed by atoms with van der Waals surface area (Å²) in [7, 11) is 0. The number of benzene rings is 3. The largest absolute Gasteiger partial charge is 0.494 e. The molecule has 1 heterocycles. The van der Waals surface area contributed by atoms with Crippen LogP contribution >= 0.6 is 15.9 Å². The van der Waals surface area contributed by atoms with Crippen molar-refractivity contribution in [1.29, 1.82) is 5.26 Å². The number of allylic oxidation sites excluding steroid dienone is 1. The molecule has 34 heavy (non-hydrogen) atoms. The summed E-state index contributed by atoms with van der Waals surface area (Å²) in [6, 6.07) is 21.9. The highest BCUT2D eigenvalue weighted by Crippen LogP contribution is 2.44. The Hall–Kier alpha value is -3.76. The molecule has 1 unspecified atom stereocenters. The highest BCUT2D eigenvalue weighted by Gasteiger charge is 2.31. The van der Waals surface area contributed by atoms with Crippen LogP contribution in [0, 0.1) is 11.3 Å². The minimum absolute atomic E-state index is 0.0200. The summed E-state index contributed by atoms with van der Waals surface area (Å²) >= 11 is 3.36. The maximum atomic E-state index is 12.6. The molecular weight excluding hydrogens is 496 g/mol.